The van der Waals surface area contributed by atoms with Crippen LogP contribution in [0, 0.1) is 0 Å². The molecule has 0 fully saturated rings. The molecule has 0 aliphatic carbocycles. The van der Waals surface area contributed by atoms with E-state index in [-0.39, 0.29) is 24.5 Å². The summed E-state index contributed by atoms with van der Waals surface area (Å²) in [5, 5.41) is 12.4. The number of nitrogens with one attached hydrogen (secondary N) is 1. The summed E-state index contributed by atoms with van der Waals surface area (Å²) in [6, 6.07) is 19.3. The van der Waals surface area contributed by atoms with Gasteiger partial charge in [0.1, 0.15) is 0 Å². The van der Waals surface area contributed by atoms with Gasteiger partial charge in [0.25, 0.3) is 0 Å². The summed E-state index contributed by atoms with van der Waals surface area (Å²) in [6.07, 6.45) is 0.630. The number of carbonyl (C=O) groups is 1. The number of aliphatic hydroxyl groups is 1. The second-order valence-corrected chi connectivity index (χ2v) is 5.21. The number of hydrogen-bond acceptors (Lipinski definition) is 2. The summed E-state index contributed by atoms with van der Waals surface area (Å²) in [5.74, 6) is -0.285. The van der Waals surface area contributed by atoms with Crippen molar-refractivity contribution >= 4 is 5.91 Å². The van der Waals surface area contributed by atoms with E-state index in [0.29, 0.717) is 6.42 Å². The molecule has 3 heteroatoms. The molecule has 2 atom stereocenters. The number of hydrogen-bond donors (Lipinski definition) is 2. The minimum Gasteiger partial charge on any atom is -0.394 e. The Morgan fingerprint density at radius 1 is 1.05 bits per heavy atom. The zero-order valence-corrected chi connectivity index (χ0v) is 12.2. The monoisotopic (exact) mass is 283 g/mol. The fourth-order valence-corrected chi connectivity index (χ4v) is 2.28. The van der Waals surface area contributed by atoms with Gasteiger partial charge in [-0.15, -0.1) is 0 Å². The van der Waals surface area contributed by atoms with Crippen molar-refractivity contribution in [3.63, 3.8) is 0 Å². The van der Waals surface area contributed by atoms with Crippen LogP contribution in [0.1, 0.15) is 24.0 Å². The first-order valence-electron chi connectivity index (χ1n) is 7.21. The van der Waals surface area contributed by atoms with Crippen molar-refractivity contribution in [2.45, 2.75) is 25.3 Å². The molecule has 2 aromatic carbocycles. The summed E-state index contributed by atoms with van der Waals surface area (Å²) in [6.45, 7) is 1.81. The van der Waals surface area contributed by atoms with Crippen LogP contribution in [0.4, 0.5) is 0 Å². The molecule has 21 heavy (non-hydrogen) atoms. The van der Waals surface area contributed by atoms with Gasteiger partial charge in [-0.1, -0.05) is 60.7 Å². The van der Waals surface area contributed by atoms with E-state index in [4.69, 9.17) is 0 Å². The highest BCUT2D eigenvalue weighted by Gasteiger charge is 2.18. The van der Waals surface area contributed by atoms with Gasteiger partial charge in [0, 0.05) is 0 Å². The molecule has 0 aliphatic heterocycles. The van der Waals surface area contributed by atoms with Crippen LogP contribution in [0.5, 0.6) is 0 Å². The summed E-state index contributed by atoms with van der Waals surface area (Å²) in [7, 11) is 0. The Bertz CT molecular complexity index is 554. The Morgan fingerprint density at radius 2 is 1.62 bits per heavy atom. The van der Waals surface area contributed by atoms with Gasteiger partial charge in [-0.05, 0) is 24.5 Å². The quantitative estimate of drug-likeness (QED) is 0.856. The maximum Gasteiger partial charge on any atom is 0.227 e. The van der Waals surface area contributed by atoms with Crippen LogP contribution in [-0.2, 0) is 11.2 Å². The molecule has 2 aromatic rings. The average molecular weight is 283 g/mol. The van der Waals surface area contributed by atoms with Crippen molar-refractivity contribution < 1.29 is 9.90 Å². The third-order valence-corrected chi connectivity index (χ3v) is 3.58. The molecule has 0 radical (unpaired) electrons. The summed E-state index contributed by atoms with van der Waals surface area (Å²) < 4.78 is 0. The largest absolute Gasteiger partial charge is 0.394 e. The lowest BCUT2D eigenvalue weighted by Crippen LogP contribution is -2.41. The van der Waals surface area contributed by atoms with Crippen LogP contribution in [0.25, 0.3) is 0 Å². The van der Waals surface area contributed by atoms with Crippen molar-refractivity contribution in [3.05, 3.63) is 71.8 Å². The number of benzene rings is 2. The van der Waals surface area contributed by atoms with Crippen molar-refractivity contribution in [1.82, 2.24) is 5.32 Å². The summed E-state index contributed by atoms with van der Waals surface area (Å²) in [5.41, 5.74) is 2.08. The van der Waals surface area contributed by atoms with E-state index in [9.17, 15) is 9.90 Å². The molecular formula is C18H21NO2. The molecular weight excluding hydrogens is 262 g/mol. The third kappa shape index (κ3) is 4.43. The molecule has 0 heterocycles. The Balaban J connectivity index is 1.96. The molecule has 0 spiro atoms. The standard InChI is InChI=1S/C18H21NO2/c1-14(16-10-6-3-7-11-16)18(21)19-17(13-20)12-15-8-4-2-5-9-15/h2-11,14,17,20H,12-13H2,1H3,(H,19,21). The Labute approximate surface area is 125 Å². The lowest BCUT2D eigenvalue weighted by Gasteiger charge is -2.19. The number of aliphatic hydroxyl groups excluding tert-OH is 1. The average Bonchev–Trinajstić information content (AvgIpc) is 2.55. The topological polar surface area (TPSA) is 49.3 Å². The molecule has 2 unspecified atom stereocenters. The van der Waals surface area contributed by atoms with Gasteiger partial charge in [-0.3, -0.25) is 4.79 Å². The van der Waals surface area contributed by atoms with Crippen LogP contribution < -0.4 is 5.32 Å². The van der Waals surface area contributed by atoms with Crippen LogP contribution >= 0.6 is 0 Å². The normalized spacial score (nSPS) is 13.4. The highest BCUT2D eigenvalue weighted by Crippen LogP contribution is 2.15. The van der Waals surface area contributed by atoms with E-state index in [1.807, 2.05) is 67.6 Å². The molecule has 2 rings (SSSR count). The van der Waals surface area contributed by atoms with E-state index in [1.54, 1.807) is 0 Å². The Kier molecular flexibility index (Phi) is 5.52. The molecule has 110 valence electrons. The molecule has 3 nitrogen and oxygen atoms in total. The SMILES string of the molecule is CC(C(=O)NC(CO)Cc1ccccc1)c1ccccc1. The molecule has 0 saturated carbocycles. The zero-order chi connectivity index (χ0) is 15.1. The summed E-state index contributed by atoms with van der Waals surface area (Å²) in [4.78, 5) is 12.3. The van der Waals surface area contributed by atoms with Gasteiger partial charge in [-0.25, -0.2) is 0 Å². The van der Waals surface area contributed by atoms with Gasteiger partial charge < -0.3 is 10.4 Å². The minimum absolute atomic E-state index is 0.0591. The predicted octanol–water partition coefficient (Wildman–Crippen LogP) is 2.51. The van der Waals surface area contributed by atoms with E-state index in [0.717, 1.165) is 11.1 Å². The maximum atomic E-state index is 12.3. The molecule has 0 aromatic heterocycles. The van der Waals surface area contributed by atoms with Gasteiger partial charge in [0.05, 0.1) is 18.6 Å². The van der Waals surface area contributed by atoms with Gasteiger partial charge in [-0.2, -0.15) is 0 Å². The van der Waals surface area contributed by atoms with Crippen molar-refractivity contribution in [3.8, 4) is 0 Å². The van der Waals surface area contributed by atoms with Crippen LogP contribution in [-0.4, -0.2) is 23.7 Å². The molecule has 0 aliphatic rings. The van der Waals surface area contributed by atoms with Crippen LogP contribution in [0.2, 0.25) is 0 Å². The number of rotatable bonds is 6. The van der Waals surface area contributed by atoms with Crippen molar-refractivity contribution in [2.75, 3.05) is 6.61 Å². The third-order valence-electron chi connectivity index (χ3n) is 3.58. The first kappa shape index (κ1) is 15.3. The maximum absolute atomic E-state index is 12.3. The highest BCUT2D eigenvalue weighted by atomic mass is 16.3. The zero-order valence-electron chi connectivity index (χ0n) is 12.2. The Hall–Kier alpha value is -2.13. The smallest absolute Gasteiger partial charge is 0.227 e. The second kappa shape index (κ2) is 7.60. The minimum atomic E-state index is -0.258. The van der Waals surface area contributed by atoms with Gasteiger partial charge in [0.15, 0.2) is 0 Å². The van der Waals surface area contributed by atoms with Crippen LogP contribution in [0.15, 0.2) is 60.7 Å². The first-order valence-corrected chi connectivity index (χ1v) is 7.21. The van der Waals surface area contributed by atoms with E-state index < -0.39 is 0 Å². The van der Waals surface area contributed by atoms with Gasteiger partial charge in [0.2, 0.25) is 5.91 Å². The number of amides is 1. The van der Waals surface area contributed by atoms with E-state index in [2.05, 4.69) is 5.32 Å². The van der Waals surface area contributed by atoms with E-state index >= 15 is 0 Å². The fraction of sp³-hybridized carbons (Fsp3) is 0.278. The number of carbonyl (C=O) groups excluding carboxylic acids is 1. The fourth-order valence-electron chi connectivity index (χ4n) is 2.28. The van der Waals surface area contributed by atoms with Crippen molar-refractivity contribution in [1.29, 1.82) is 0 Å². The lowest BCUT2D eigenvalue weighted by molar-refractivity contribution is -0.123. The molecule has 0 bridgehead atoms. The highest BCUT2D eigenvalue weighted by molar-refractivity contribution is 5.83. The molecule has 1 amide bonds. The predicted molar refractivity (Wildman–Crippen MR) is 84.0 cm³/mol. The van der Waals surface area contributed by atoms with E-state index in [1.165, 1.54) is 0 Å². The lowest BCUT2D eigenvalue weighted by atomic mass is 9.99. The van der Waals surface area contributed by atoms with Crippen LogP contribution in [0.3, 0.4) is 0 Å². The van der Waals surface area contributed by atoms with Gasteiger partial charge >= 0.3 is 0 Å². The molecule has 0 saturated heterocycles. The second-order valence-electron chi connectivity index (χ2n) is 5.21. The summed E-state index contributed by atoms with van der Waals surface area (Å²) >= 11 is 0. The van der Waals surface area contributed by atoms with Crippen molar-refractivity contribution in [2.24, 2.45) is 0 Å². The first-order chi connectivity index (χ1) is 10.2. The molecule has 2 N–H and O–H groups in total. The Morgan fingerprint density at radius 3 is 2.19 bits per heavy atom.